The van der Waals surface area contributed by atoms with E-state index in [0.29, 0.717) is 5.92 Å². The zero-order chi connectivity index (χ0) is 12.6. The molecule has 3 rings (SSSR count). The summed E-state index contributed by atoms with van der Waals surface area (Å²) >= 11 is 1.74. The van der Waals surface area contributed by atoms with Crippen LogP contribution < -0.4 is 0 Å². The molecule has 1 aromatic rings. The first kappa shape index (κ1) is 12.1. The van der Waals surface area contributed by atoms with Crippen molar-refractivity contribution < 1.29 is 4.74 Å². The van der Waals surface area contributed by atoms with Gasteiger partial charge in [-0.25, -0.2) is 4.98 Å². The number of nitrogens with zero attached hydrogens (tertiary/aromatic N) is 2. The van der Waals surface area contributed by atoms with Crippen LogP contribution in [-0.2, 0) is 10.2 Å². The third-order valence-electron chi connectivity index (χ3n) is 4.27. The fraction of sp³-hybridized carbons (Fsp3) is 0.714. The molecule has 0 unspecified atom stereocenters. The van der Waals surface area contributed by atoms with Crippen molar-refractivity contribution in [3.8, 4) is 6.07 Å². The van der Waals surface area contributed by atoms with Crippen LogP contribution in [0.15, 0.2) is 0 Å². The van der Waals surface area contributed by atoms with E-state index >= 15 is 0 Å². The fourth-order valence-corrected chi connectivity index (χ4v) is 4.06. The molecule has 3 nitrogen and oxygen atoms in total. The highest BCUT2D eigenvalue weighted by atomic mass is 32.1. The van der Waals surface area contributed by atoms with E-state index < -0.39 is 0 Å². The summed E-state index contributed by atoms with van der Waals surface area (Å²) in [5, 5.41) is 10.5. The molecule has 2 fully saturated rings. The van der Waals surface area contributed by atoms with E-state index in [-0.39, 0.29) is 5.41 Å². The van der Waals surface area contributed by atoms with Crippen molar-refractivity contribution in [1.29, 1.82) is 5.26 Å². The van der Waals surface area contributed by atoms with E-state index in [9.17, 15) is 5.26 Å². The molecule has 1 aliphatic carbocycles. The first-order valence-corrected chi connectivity index (χ1v) is 7.54. The first-order chi connectivity index (χ1) is 8.75. The molecular weight excluding hydrogens is 244 g/mol. The van der Waals surface area contributed by atoms with Gasteiger partial charge in [-0.3, -0.25) is 0 Å². The van der Waals surface area contributed by atoms with Gasteiger partial charge in [0.15, 0.2) is 0 Å². The van der Waals surface area contributed by atoms with Crippen LogP contribution in [0, 0.1) is 18.3 Å². The molecule has 0 radical (unpaired) electrons. The minimum Gasteiger partial charge on any atom is -0.381 e. The lowest BCUT2D eigenvalue weighted by Crippen LogP contribution is -2.32. The van der Waals surface area contributed by atoms with Gasteiger partial charge in [-0.1, -0.05) is 0 Å². The SMILES string of the molecule is Cc1sc(C2(C#N)CCC2)nc1C1CCOCC1. The topological polar surface area (TPSA) is 45.9 Å². The average molecular weight is 262 g/mol. The van der Waals surface area contributed by atoms with Crippen LogP contribution in [0.5, 0.6) is 0 Å². The number of nitriles is 1. The first-order valence-electron chi connectivity index (χ1n) is 6.72. The number of thiazole rings is 1. The Bertz CT molecular complexity index is 478. The molecule has 4 heteroatoms. The van der Waals surface area contributed by atoms with Gasteiger partial charge in [-0.15, -0.1) is 11.3 Å². The number of aromatic nitrogens is 1. The number of aryl methyl sites for hydroxylation is 1. The standard InChI is InChI=1S/C14H18N2OS/c1-10-12(11-3-7-17-8-4-11)16-13(18-10)14(9-15)5-2-6-14/h11H,2-8H2,1H3. The summed E-state index contributed by atoms with van der Waals surface area (Å²) in [7, 11) is 0. The molecule has 0 atom stereocenters. The smallest absolute Gasteiger partial charge is 0.113 e. The molecule has 2 aliphatic rings. The van der Waals surface area contributed by atoms with Gasteiger partial charge in [0.2, 0.25) is 0 Å². The lowest BCUT2D eigenvalue weighted by atomic mass is 9.70. The van der Waals surface area contributed by atoms with Crippen molar-refractivity contribution in [2.45, 2.75) is 50.4 Å². The van der Waals surface area contributed by atoms with Gasteiger partial charge in [0.1, 0.15) is 10.4 Å². The van der Waals surface area contributed by atoms with E-state index in [1.807, 2.05) is 0 Å². The highest BCUT2D eigenvalue weighted by molar-refractivity contribution is 7.11. The second kappa shape index (κ2) is 4.64. The maximum Gasteiger partial charge on any atom is 0.113 e. The molecule has 0 aromatic carbocycles. The Hall–Kier alpha value is -0.920. The molecule has 1 saturated carbocycles. The Balaban J connectivity index is 1.88. The Morgan fingerprint density at radius 1 is 1.39 bits per heavy atom. The predicted octanol–water partition coefficient (Wildman–Crippen LogP) is 3.29. The second-order valence-electron chi connectivity index (χ2n) is 5.39. The summed E-state index contributed by atoms with van der Waals surface area (Å²) in [5.41, 5.74) is 0.985. The molecule has 2 heterocycles. The zero-order valence-corrected chi connectivity index (χ0v) is 11.6. The van der Waals surface area contributed by atoms with Crippen LogP contribution in [0.3, 0.4) is 0 Å². The molecular formula is C14H18N2OS. The Kier molecular flexibility index (Phi) is 3.13. The monoisotopic (exact) mass is 262 g/mol. The summed E-state index contributed by atoms with van der Waals surface area (Å²) in [6.07, 6.45) is 5.29. The van der Waals surface area contributed by atoms with E-state index in [2.05, 4.69) is 13.0 Å². The highest BCUT2D eigenvalue weighted by Crippen LogP contribution is 2.46. The highest BCUT2D eigenvalue weighted by Gasteiger charge is 2.42. The Labute approximate surface area is 112 Å². The Morgan fingerprint density at radius 3 is 2.67 bits per heavy atom. The average Bonchev–Trinajstić information content (AvgIpc) is 2.72. The quantitative estimate of drug-likeness (QED) is 0.821. The van der Waals surface area contributed by atoms with Gasteiger partial charge in [-0.2, -0.15) is 5.26 Å². The summed E-state index contributed by atoms with van der Waals surface area (Å²) in [4.78, 5) is 6.14. The van der Waals surface area contributed by atoms with Crippen LogP contribution in [0.2, 0.25) is 0 Å². The molecule has 96 valence electrons. The minimum absolute atomic E-state index is 0.251. The van der Waals surface area contributed by atoms with Crippen molar-refractivity contribution in [3.63, 3.8) is 0 Å². The van der Waals surface area contributed by atoms with E-state index in [4.69, 9.17) is 9.72 Å². The van der Waals surface area contributed by atoms with Crippen LogP contribution in [0.1, 0.15) is 53.6 Å². The normalized spacial score (nSPS) is 23.3. The van der Waals surface area contributed by atoms with E-state index in [0.717, 1.165) is 43.9 Å². The molecule has 0 spiro atoms. The number of hydrogen-bond acceptors (Lipinski definition) is 4. The predicted molar refractivity (Wildman–Crippen MR) is 70.8 cm³/mol. The molecule has 1 aliphatic heterocycles. The summed E-state index contributed by atoms with van der Waals surface area (Å²) in [6.45, 7) is 3.84. The molecule has 0 amide bonds. The third kappa shape index (κ3) is 1.86. The van der Waals surface area contributed by atoms with E-state index in [1.54, 1.807) is 11.3 Å². The largest absolute Gasteiger partial charge is 0.381 e. The van der Waals surface area contributed by atoms with Crippen LogP contribution in [-0.4, -0.2) is 18.2 Å². The molecule has 0 N–H and O–H groups in total. The number of rotatable bonds is 2. The lowest BCUT2D eigenvalue weighted by Gasteiger charge is -2.32. The minimum atomic E-state index is -0.251. The molecule has 0 bridgehead atoms. The molecule has 1 aromatic heterocycles. The van der Waals surface area contributed by atoms with Gasteiger partial charge in [0, 0.05) is 24.0 Å². The van der Waals surface area contributed by atoms with Gasteiger partial charge in [-0.05, 0) is 39.0 Å². The van der Waals surface area contributed by atoms with Gasteiger partial charge < -0.3 is 4.74 Å². The summed E-state index contributed by atoms with van der Waals surface area (Å²) < 4.78 is 5.41. The third-order valence-corrected chi connectivity index (χ3v) is 5.46. The van der Waals surface area contributed by atoms with E-state index in [1.165, 1.54) is 17.0 Å². The van der Waals surface area contributed by atoms with Crippen molar-refractivity contribution in [3.05, 3.63) is 15.6 Å². The van der Waals surface area contributed by atoms with Gasteiger partial charge in [0.25, 0.3) is 0 Å². The van der Waals surface area contributed by atoms with Crippen molar-refractivity contribution in [2.24, 2.45) is 0 Å². The van der Waals surface area contributed by atoms with Crippen molar-refractivity contribution in [2.75, 3.05) is 13.2 Å². The van der Waals surface area contributed by atoms with Crippen molar-refractivity contribution in [1.82, 2.24) is 4.98 Å². The summed E-state index contributed by atoms with van der Waals surface area (Å²) in [6, 6.07) is 2.50. The molecule has 1 saturated heterocycles. The van der Waals surface area contributed by atoms with Gasteiger partial charge >= 0.3 is 0 Å². The van der Waals surface area contributed by atoms with Crippen LogP contribution in [0.25, 0.3) is 0 Å². The second-order valence-corrected chi connectivity index (χ2v) is 6.60. The number of hydrogen-bond donors (Lipinski definition) is 0. The summed E-state index contributed by atoms with van der Waals surface area (Å²) in [5.74, 6) is 0.541. The van der Waals surface area contributed by atoms with Crippen LogP contribution in [0.4, 0.5) is 0 Å². The van der Waals surface area contributed by atoms with Crippen molar-refractivity contribution >= 4 is 11.3 Å². The lowest BCUT2D eigenvalue weighted by molar-refractivity contribution is 0.0844. The zero-order valence-electron chi connectivity index (χ0n) is 10.7. The maximum atomic E-state index is 9.40. The van der Waals surface area contributed by atoms with Gasteiger partial charge in [0.05, 0.1) is 11.8 Å². The maximum absolute atomic E-state index is 9.40. The van der Waals surface area contributed by atoms with Crippen LogP contribution >= 0.6 is 11.3 Å². The number of ether oxygens (including phenoxy) is 1. The Morgan fingerprint density at radius 2 is 2.11 bits per heavy atom. The fourth-order valence-electron chi connectivity index (χ4n) is 2.87. The molecule has 18 heavy (non-hydrogen) atoms.